The molecule has 0 bridgehead atoms. The molecule has 0 aromatic carbocycles. The molecular formula is C12H18ClN3S. The molecule has 94 valence electrons. The second kappa shape index (κ2) is 7.48. The van der Waals surface area contributed by atoms with Crippen molar-refractivity contribution in [3.63, 3.8) is 0 Å². The Bertz CT molecular complexity index is 411. The highest BCUT2D eigenvalue weighted by molar-refractivity contribution is 7.07. The van der Waals surface area contributed by atoms with Crippen molar-refractivity contribution in [3.8, 4) is 0 Å². The van der Waals surface area contributed by atoms with Gasteiger partial charge in [-0.25, -0.2) is 0 Å². The topological polar surface area (TPSA) is 29.9 Å². The molecular weight excluding hydrogens is 254 g/mol. The molecule has 17 heavy (non-hydrogen) atoms. The van der Waals surface area contributed by atoms with E-state index in [2.05, 4.69) is 33.4 Å². The van der Waals surface area contributed by atoms with E-state index in [9.17, 15) is 0 Å². The van der Waals surface area contributed by atoms with Crippen molar-refractivity contribution >= 4 is 23.7 Å². The molecule has 2 heterocycles. The smallest absolute Gasteiger partial charge is 0.0521 e. The Morgan fingerprint density at radius 1 is 1.41 bits per heavy atom. The number of hydrogen-bond acceptors (Lipinski definition) is 3. The zero-order valence-corrected chi connectivity index (χ0v) is 11.6. The first-order valence-electron chi connectivity index (χ1n) is 5.54. The third-order valence-corrected chi connectivity index (χ3v) is 3.22. The lowest BCUT2D eigenvalue weighted by Gasteiger charge is -2.01. The van der Waals surface area contributed by atoms with E-state index < -0.39 is 0 Å². The quantitative estimate of drug-likeness (QED) is 0.819. The van der Waals surface area contributed by atoms with Crippen LogP contribution in [0.4, 0.5) is 0 Å². The number of aromatic nitrogens is 2. The summed E-state index contributed by atoms with van der Waals surface area (Å²) in [5, 5.41) is 11.9. The number of hydrogen-bond donors (Lipinski definition) is 1. The monoisotopic (exact) mass is 271 g/mol. The van der Waals surface area contributed by atoms with Crippen LogP contribution in [0.15, 0.2) is 29.2 Å². The van der Waals surface area contributed by atoms with Crippen LogP contribution < -0.4 is 5.32 Å². The average molecular weight is 272 g/mol. The van der Waals surface area contributed by atoms with Gasteiger partial charge in [0.1, 0.15) is 0 Å². The number of thiophene rings is 1. The lowest BCUT2D eigenvalue weighted by molar-refractivity contribution is 0.650. The Morgan fingerprint density at radius 2 is 2.29 bits per heavy atom. The summed E-state index contributed by atoms with van der Waals surface area (Å²) in [6.07, 6.45) is 6.29. The van der Waals surface area contributed by atoms with Crippen molar-refractivity contribution in [1.29, 1.82) is 0 Å². The van der Waals surface area contributed by atoms with Gasteiger partial charge in [0.15, 0.2) is 0 Å². The second-order valence-corrected chi connectivity index (χ2v) is 4.71. The third kappa shape index (κ3) is 4.89. The summed E-state index contributed by atoms with van der Waals surface area (Å²) in [4.78, 5) is 0. The van der Waals surface area contributed by atoms with Crippen molar-refractivity contribution in [2.45, 2.75) is 19.4 Å². The Balaban J connectivity index is 0.00000144. The van der Waals surface area contributed by atoms with Gasteiger partial charge in [0.25, 0.3) is 0 Å². The summed E-state index contributed by atoms with van der Waals surface area (Å²) in [7, 11) is 1.96. The fourth-order valence-electron chi connectivity index (χ4n) is 1.64. The number of halogens is 1. The molecule has 1 N–H and O–H groups in total. The fourth-order valence-corrected chi connectivity index (χ4v) is 2.31. The third-order valence-electron chi connectivity index (χ3n) is 2.49. The predicted molar refractivity (Wildman–Crippen MR) is 74.8 cm³/mol. The van der Waals surface area contributed by atoms with Crippen molar-refractivity contribution in [3.05, 3.63) is 40.3 Å². The van der Waals surface area contributed by atoms with Crippen molar-refractivity contribution in [2.75, 3.05) is 6.54 Å². The minimum absolute atomic E-state index is 0. The molecule has 0 spiro atoms. The highest BCUT2D eigenvalue weighted by atomic mass is 35.5. The SMILES string of the molecule is Cl.Cn1cc(CCCNCc2ccsc2)cn1. The van der Waals surface area contributed by atoms with Crippen LogP contribution in [0.3, 0.4) is 0 Å². The predicted octanol–water partition coefficient (Wildman–Crippen LogP) is 2.63. The van der Waals surface area contributed by atoms with Crippen LogP contribution in [0.2, 0.25) is 0 Å². The van der Waals surface area contributed by atoms with Gasteiger partial charge in [-0.3, -0.25) is 4.68 Å². The van der Waals surface area contributed by atoms with E-state index in [-0.39, 0.29) is 12.4 Å². The maximum absolute atomic E-state index is 4.15. The first kappa shape index (κ1) is 14.2. The van der Waals surface area contributed by atoms with Crippen molar-refractivity contribution < 1.29 is 0 Å². The molecule has 0 unspecified atom stereocenters. The largest absolute Gasteiger partial charge is 0.313 e. The van der Waals surface area contributed by atoms with Gasteiger partial charge in [0.05, 0.1) is 6.20 Å². The number of rotatable bonds is 6. The molecule has 2 rings (SSSR count). The van der Waals surface area contributed by atoms with Crippen molar-refractivity contribution in [1.82, 2.24) is 15.1 Å². The van der Waals surface area contributed by atoms with Gasteiger partial charge in [0.2, 0.25) is 0 Å². The van der Waals surface area contributed by atoms with Crippen LogP contribution in [-0.2, 0) is 20.0 Å². The number of nitrogens with zero attached hydrogens (tertiary/aromatic N) is 2. The van der Waals surface area contributed by atoms with Gasteiger partial charge < -0.3 is 5.32 Å². The summed E-state index contributed by atoms with van der Waals surface area (Å²) < 4.78 is 1.86. The molecule has 0 aliphatic carbocycles. The van der Waals surface area contributed by atoms with E-state index in [0.29, 0.717) is 0 Å². The van der Waals surface area contributed by atoms with E-state index in [1.165, 1.54) is 11.1 Å². The number of nitrogens with one attached hydrogen (secondary N) is 1. The maximum atomic E-state index is 4.15. The summed E-state index contributed by atoms with van der Waals surface area (Å²) in [5.41, 5.74) is 2.70. The fraction of sp³-hybridized carbons (Fsp3) is 0.417. The minimum Gasteiger partial charge on any atom is -0.313 e. The second-order valence-electron chi connectivity index (χ2n) is 3.93. The molecule has 3 nitrogen and oxygen atoms in total. The maximum Gasteiger partial charge on any atom is 0.0521 e. The zero-order chi connectivity index (χ0) is 11.2. The Kier molecular flexibility index (Phi) is 6.26. The molecule has 2 aromatic rings. The molecule has 0 saturated heterocycles. The highest BCUT2D eigenvalue weighted by Crippen LogP contribution is 2.05. The molecule has 0 aliphatic heterocycles. The summed E-state index contributed by atoms with van der Waals surface area (Å²) in [6, 6.07) is 2.17. The lowest BCUT2D eigenvalue weighted by atomic mass is 10.2. The molecule has 5 heteroatoms. The van der Waals surface area contributed by atoms with Gasteiger partial charge in [0, 0.05) is 19.8 Å². The molecule has 0 radical (unpaired) electrons. The van der Waals surface area contributed by atoms with Gasteiger partial charge >= 0.3 is 0 Å². The van der Waals surface area contributed by atoms with Gasteiger partial charge in [-0.2, -0.15) is 16.4 Å². The van der Waals surface area contributed by atoms with Crippen LogP contribution in [-0.4, -0.2) is 16.3 Å². The van der Waals surface area contributed by atoms with Crippen LogP contribution >= 0.6 is 23.7 Å². The van der Waals surface area contributed by atoms with E-state index >= 15 is 0 Å². The van der Waals surface area contributed by atoms with Crippen molar-refractivity contribution in [2.24, 2.45) is 7.05 Å². The van der Waals surface area contributed by atoms with E-state index in [0.717, 1.165) is 25.9 Å². The molecule has 0 saturated carbocycles. The van der Waals surface area contributed by atoms with Crippen LogP contribution in [0.5, 0.6) is 0 Å². The zero-order valence-electron chi connectivity index (χ0n) is 9.93. The Morgan fingerprint density at radius 3 is 2.94 bits per heavy atom. The molecule has 0 amide bonds. The number of aryl methyl sites for hydroxylation is 2. The molecule has 0 fully saturated rings. The minimum atomic E-state index is 0. The van der Waals surface area contributed by atoms with E-state index in [1.54, 1.807) is 11.3 Å². The van der Waals surface area contributed by atoms with E-state index in [4.69, 9.17) is 0 Å². The standard InChI is InChI=1S/C12H17N3S.ClH/c1-15-9-11(8-14-15)3-2-5-13-7-12-4-6-16-10-12;/h4,6,8-10,13H,2-3,5,7H2,1H3;1H. The summed E-state index contributed by atoms with van der Waals surface area (Å²) >= 11 is 1.75. The highest BCUT2D eigenvalue weighted by Gasteiger charge is 1.96. The van der Waals surface area contributed by atoms with Crippen LogP contribution in [0.1, 0.15) is 17.5 Å². The normalized spacial score (nSPS) is 10.2. The summed E-state index contributed by atoms with van der Waals surface area (Å²) in [6.45, 7) is 2.04. The Labute approximate surface area is 112 Å². The van der Waals surface area contributed by atoms with Gasteiger partial charge in [-0.1, -0.05) is 0 Å². The van der Waals surface area contributed by atoms with Gasteiger partial charge in [-0.05, 0) is 47.3 Å². The molecule has 0 aliphatic rings. The van der Waals surface area contributed by atoms with Gasteiger partial charge in [-0.15, -0.1) is 12.4 Å². The molecule has 0 atom stereocenters. The lowest BCUT2D eigenvalue weighted by Crippen LogP contribution is -2.14. The first-order valence-corrected chi connectivity index (χ1v) is 6.48. The van der Waals surface area contributed by atoms with E-state index in [1.807, 2.05) is 17.9 Å². The first-order chi connectivity index (χ1) is 7.84. The van der Waals surface area contributed by atoms with Crippen LogP contribution in [0, 0.1) is 0 Å². The average Bonchev–Trinajstić information content (AvgIpc) is 2.89. The molecule has 2 aromatic heterocycles. The summed E-state index contributed by atoms with van der Waals surface area (Å²) in [5.74, 6) is 0. The Hall–Kier alpha value is -0.840. The van der Waals surface area contributed by atoms with Crippen LogP contribution in [0.25, 0.3) is 0 Å².